The summed E-state index contributed by atoms with van der Waals surface area (Å²) in [6.45, 7) is 2.06. The Bertz CT molecular complexity index is 578. The van der Waals surface area contributed by atoms with Crippen molar-refractivity contribution in [2.75, 3.05) is 7.11 Å². The fourth-order valence-corrected chi connectivity index (χ4v) is 3.39. The molecule has 0 bridgehead atoms. The quantitative estimate of drug-likeness (QED) is 0.583. The van der Waals surface area contributed by atoms with E-state index in [2.05, 4.69) is 50.9 Å². The molecule has 2 rings (SSSR count). The summed E-state index contributed by atoms with van der Waals surface area (Å²) < 4.78 is 7.18. The molecule has 0 amide bonds. The Labute approximate surface area is 135 Å². The summed E-state index contributed by atoms with van der Waals surface area (Å²) in [4.78, 5) is 0. The highest BCUT2D eigenvalue weighted by Crippen LogP contribution is 2.35. The normalized spacial score (nSPS) is 12.3. The molecule has 0 aromatic heterocycles. The Morgan fingerprint density at radius 1 is 1.05 bits per heavy atom. The van der Waals surface area contributed by atoms with Crippen LogP contribution in [0.3, 0.4) is 0 Å². The Morgan fingerprint density at radius 3 is 2.37 bits per heavy atom. The maximum Gasteiger partial charge on any atom is 0.133 e. The standard InChI is InChI=1S/C15H13Br2ClO/c1-9-5-11(7-12(16)6-9)15(18)10-3-4-14(19-2)13(17)8-10/h3-8,15H,1-2H3. The molecule has 1 unspecified atom stereocenters. The van der Waals surface area contributed by atoms with Gasteiger partial charge in [0.15, 0.2) is 0 Å². The Kier molecular flexibility index (Phi) is 4.93. The number of hydrogen-bond acceptors (Lipinski definition) is 1. The summed E-state index contributed by atoms with van der Waals surface area (Å²) in [5.74, 6) is 0.804. The van der Waals surface area contributed by atoms with Gasteiger partial charge in [-0.25, -0.2) is 0 Å². The fraction of sp³-hybridized carbons (Fsp3) is 0.200. The van der Waals surface area contributed by atoms with Gasteiger partial charge in [0.25, 0.3) is 0 Å². The summed E-state index contributed by atoms with van der Waals surface area (Å²) in [7, 11) is 1.65. The number of alkyl halides is 1. The van der Waals surface area contributed by atoms with Crippen LogP contribution in [0.1, 0.15) is 22.1 Å². The SMILES string of the molecule is COc1ccc(C(Cl)c2cc(C)cc(Br)c2)cc1Br. The van der Waals surface area contributed by atoms with Crippen LogP contribution in [-0.2, 0) is 0 Å². The molecule has 19 heavy (non-hydrogen) atoms. The lowest BCUT2D eigenvalue weighted by Gasteiger charge is -2.13. The smallest absolute Gasteiger partial charge is 0.133 e. The van der Waals surface area contributed by atoms with Gasteiger partial charge < -0.3 is 4.74 Å². The topological polar surface area (TPSA) is 9.23 Å². The maximum absolute atomic E-state index is 6.56. The van der Waals surface area contributed by atoms with Crippen LogP contribution >= 0.6 is 43.5 Å². The molecule has 1 nitrogen and oxygen atoms in total. The fourth-order valence-electron chi connectivity index (χ4n) is 1.94. The number of methoxy groups -OCH3 is 1. The lowest BCUT2D eigenvalue weighted by Crippen LogP contribution is -1.95. The van der Waals surface area contributed by atoms with E-state index >= 15 is 0 Å². The summed E-state index contributed by atoms with van der Waals surface area (Å²) in [5.41, 5.74) is 3.29. The lowest BCUT2D eigenvalue weighted by molar-refractivity contribution is 0.412. The molecular formula is C15H13Br2ClO. The Hall–Kier alpha value is -0.510. The first-order chi connectivity index (χ1) is 9.01. The van der Waals surface area contributed by atoms with Gasteiger partial charge in [-0.2, -0.15) is 0 Å². The van der Waals surface area contributed by atoms with Crippen LogP contribution in [0.15, 0.2) is 45.3 Å². The lowest BCUT2D eigenvalue weighted by atomic mass is 10.0. The van der Waals surface area contributed by atoms with Crippen molar-refractivity contribution < 1.29 is 4.74 Å². The molecule has 0 saturated heterocycles. The molecule has 0 radical (unpaired) electrons. The second-order valence-electron chi connectivity index (χ2n) is 4.32. The highest BCUT2D eigenvalue weighted by molar-refractivity contribution is 9.10. The number of aryl methyl sites for hydroxylation is 1. The van der Waals surface area contributed by atoms with Crippen molar-refractivity contribution in [2.45, 2.75) is 12.3 Å². The van der Waals surface area contributed by atoms with Gasteiger partial charge in [0, 0.05) is 4.47 Å². The van der Waals surface area contributed by atoms with E-state index in [0.717, 1.165) is 25.8 Å². The predicted octanol–water partition coefficient (Wildman–Crippen LogP) is 5.86. The molecule has 0 N–H and O–H groups in total. The first-order valence-corrected chi connectivity index (χ1v) is 7.78. The zero-order valence-corrected chi connectivity index (χ0v) is 14.5. The molecule has 0 aliphatic rings. The second kappa shape index (κ2) is 6.29. The van der Waals surface area contributed by atoms with E-state index in [1.165, 1.54) is 5.56 Å². The molecule has 4 heteroatoms. The van der Waals surface area contributed by atoms with E-state index in [0.29, 0.717) is 0 Å². The molecule has 2 aromatic rings. The largest absolute Gasteiger partial charge is 0.496 e. The summed E-state index contributed by atoms with van der Waals surface area (Å²) >= 11 is 13.5. The van der Waals surface area contributed by atoms with E-state index in [1.54, 1.807) is 7.11 Å². The van der Waals surface area contributed by atoms with Crippen molar-refractivity contribution in [3.8, 4) is 5.75 Å². The number of ether oxygens (including phenoxy) is 1. The van der Waals surface area contributed by atoms with Gasteiger partial charge >= 0.3 is 0 Å². The molecule has 2 aromatic carbocycles. The van der Waals surface area contributed by atoms with Gasteiger partial charge in [0.1, 0.15) is 5.75 Å². The van der Waals surface area contributed by atoms with Crippen LogP contribution in [0.5, 0.6) is 5.75 Å². The van der Waals surface area contributed by atoms with Crippen LogP contribution in [0.25, 0.3) is 0 Å². The van der Waals surface area contributed by atoms with Gasteiger partial charge in [-0.15, -0.1) is 11.6 Å². The predicted molar refractivity (Wildman–Crippen MR) is 87.3 cm³/mol. The van der Waals surface area contributed by atoms with Crippen LogP contribution in [-0.4, -0.2) is 7.11 Å². The molecule has 0 aliphatic carbocycles. The number of benzene rings is 2. The van der Waals surface area contributed by atoms with Crippen LogP contribution in [0.4, 0.5) is 0 Å². The molecule has 1 atom stereocenters. The van der Waals surface area contributed by atoms with Gasteiger partial charge in [0.05, 0.1) is 17.0 Å². The van der Waals surface area contributed by atoms with Crippen LogP contribution in [0.2, 0.25) is 0 Å². The molecule has 0 heterocycles. The van der Waals surface area contributed by atoms with Gasteiger partial charge in [-0.1, -0.05) is 28.1 Å². The minimum atomic E-state index is -0.182. The first-order valence-electron chi connectivity index (χ1n) is 5.76. The Morgan fingerprint density at radius 2 is 1.79 bits per heavy atom. The van der Waals surface area contributed by atoms with E-state index in [-0.39, 0.29) is 5.38 Å². The second-order valence-corrected chi connectivity index (χ2v) is 6.52. The summed E-state index contributed by atoms with van der Waals surface area (Å²) in [6.07, 6.45) is 0. The van der Waals surface area contributed by atoms with Crippen LogP contribution < -0.4 is 4.74 Å². The minimum Gasteiger partial charge on any atom is -0.496 e. The van der Waals surface area contributed by atoms with Crippen molar-refractivity contribution in [3.63, 3.8) is 0 Å². The highest BCUT2D eigenvalue weighted by atomic mass is 79.9. The summed E-state index contributed by atoms with van der Waals surface area (Å²) in [5, 5.41) is -0.182. The van der Waals surface area contributed by atoms with E-state index in [1.807, 2.05) is 24.3 Å². The van der Waals surface area contributed by atoms with Crippen molar-refractivity contribution >= 4 is 43.5 Å². The van der Waals surface area contributed by atoms with E-state index in [9.17, 15) is 0 Å². The van der Waals surface area contributed by atoms with Gasteiger partial charge in [0.2, 0.25) is 0 Å². The molecular weight excluding hydrogens is 391 g/mol. The first kappa shape index (κ1) is 14.9. The average Bonchev–Trinajstić information content (AvgIpc) is 2.36. The van der Waals surface area contributed by atoms with Crippen molar-refractivity contribution in [1.29, 1.82) is 0 Å². The highest BCUT2D eigenvalue weighted by Gasteiger charge is 2.13. The molecule has 0 saturated carbocycles. The zero-order chi connectivity index (χ0) is 14.0. The van der Waals surface area contributed by atoms with Crippen molar-refractivity contribution in [2.24, 2.45) is 0 Å². The molecule has 0 aliphatic heterocycles. The third kappa shape index (κ3) is 3.53. The maximum atomic E-state index is 6.56. The van der Waals surface area contributed by atoms with Crippen LogP contribution in [0, 0.1) is 6.92 Å². The molecule has 0 spiro atoms. The monoisotopic (exact) mass is 402 g/mol. The number of hydrogen-bond donors (Lipinski definition) is 0. The van der Waals surface area contributed by atoms with Gasteiger partial charge in [-0.3, -0.25) is 0 Å². The Balaban J connectivity index is 2.38. The summed E-state index contributed by atoms with van der Waals surface area (Å²) in [6, 6.07) is 12.1. The van der Waals surface area contributed by atoms with E-state index < -0.39 is 0 Å². The zero-order valence-electron chi connectivity index (χ0n) is 10.6. The van der Waals surface area contributed by atoms with Crippen molar-refractivity contribution in [1.82, 2.24) is 0 Å². The minimum absolute atomic E-state index is 0.182. The third-order valence-electron chi connectivity index (χ3n) is 2.83. The van der Waals surface area contributed by atoms with Crippen molar-refractivity contribution in [3.05, 3.63) is 62.0 Å². The molecule has 0 fully saturated rings. The third-order valence-corrected chi connectivity index (χ3v) is 4.41. The molecule has 100 valence electrons. The van der Waals surface area contributed by atoms with E-state index in [4.69, 9.17) is 16.3 Å². The number of halogens is 3. The number of rotatable bonds is 3. The van der Waals surface area contributed by atoms with Gasteiger partial charge in [-0.05, 0) is 63.8 Å². The average molecular weight is 405 g/mol.